The summed E-state index contributed by atoms with van der Waals surface area (Å²) in [6.07, 6.45) is 2.79. The van der Waals surface area contributed by atoms with Crippen LogP contribution in [0.1, 0.15) is 58.5 Å². The lowest BCUT2D eigenvalue weighted by molar-refractivity contribution is -0.0571. The molecule has 0 saturated heterocycles. The minimum Gasteiger partial charge on any atom is -0.369 e. The van der Waals surface area contributed by atoms with Crippen molar-refractivity contribution in [2.75, 3.05) is 18.5 Å². The van der Waals surface area contributed by atoms with Crippen molar-refractivity contribution in [3.8, 4) is 0 Å². The molecule has 5 heteroatoms. The van der Waals surface area contributed by atoms with Crippen molar-refractivity contribution >= 4 is 21.7 Å². The van der Waals surface area contributed by atoms with Gasteiger partial charge >= 0.3 is 0 Å². The smallest absolute Gasteiger partial charge is 0.162 e. The fraction of sp³-hybridized carbons (Fsp3) is 0.733. The highest BCUT2D eigenvalue weighted by molar-refractivity contribution is 9.10. The summed E-state index contributed by atoms with van der Waals surface area (Å²) in [5, 5.41) is 3.35. The maximum absolute atomic E-state index is 6.00. The van der Waals surface area contributed by atoms with Crippen molar-refractivity contribution in [3.05, 3.63) is 16.0 Å². The molecule has 0 amide bonds. The molecule has 0 aromatic carbocycles. The molecule has 114 valence electrons. The van der Waals surface area contributed by atoms with Crippen LogP contribution in [0.25, 0.3) is 0 Å². The topological polar surface area (TPSA) is 47.0 Å². The van der Waals surface area contributed by atoms with Gasteiger partial charge in [0, 0.05) is 13.2 Å². The summed E-state index contributed by atoms with van der Waals surface area (Å²) in [7, 11) is 0. The molecule has 0 spiro atoms. The van der Waals surface area contributed by atoms with Crippen LogP contribution >= 0.6 is 15.9 Å². The van der Waals surface area contributed by atoms with Crippen LogP contribution in [-0.4, -0.2) is 23.1 Å². The van der Waals surface area contributed by atoms with E-state index in [9.17, 15) is 0 Å². The number of hydrogen-bond donors (Lipinski definition) is 1. The largest absolute Gasteiger partial charge is 0.369 e. The molecule has 0 unspecified atom stereocenters. The van der Waals surface area contributed by atoms with Crippen LogP contribution in [0.15, 0.2) is 4.47 Å². The van der Waals surface area contributed by atoms with E-state index in [-0.39, 0.29) is 5.60 Å². The van der Waals surface area contributed by atoms with Gasteiger partial charge in [0.1, 0.15) is 11.4 Å². The van der Waals surface area contributed by atoms with Crippen LogP contribution in [-0.2, 0) is 10.3 Å². The van der Waals surface area contributed by atoms with E-state index in [1.807, 2.05) is 13.8 Å². The normalized spacial score (nSPS) is 11.7. The fourth-order valence-corrected chi connectivity index (χ4v) is 2.55. The average molecular weight is 344 g/mol. The van der Waals surface area contributed by atoms with Crippen LogP contribution < -0.4 is 5.32 Å². The highest BCUT2D eigenvalue weighted by Crippen LogP contribution is 2.33. The first-order valence-corrected chi connectivity index (χ1v) is 8.26. The minimum atomic E-state index is -0.386. The third-order valence-corrected chi connectivity index (χ3v) is 4.48. The van der Waals surface area contributed by atoms with E-state index in [1.54, 1.807) is 0 Å². The van der Waals surface area contributed by atoms with Crippen molar-refractivity contribution in [2.24, 2.45) is 0 Å². The number of aromatic nitrogens is 2. The lowest BCUT2D eigenvalue weighted by Gasteiger charge is -2.30. The molecule has 0 bridgehead atoms. The number of anilines is 1. The summed E-state index contributed by atoms with van der Waals surface area (Å²) in [6.45, 7) is 12.0. The first kappa shape index (κ1) is 17.4. The lowest BCUT2D eigenvalue weighted by Crippen LogP contribution is -2.31. The van der Waals surface area contributed by atoms with Crippen LogP contribution in [0.5, 0.6) is 0 Å². The summed E-state index contributed by atoms with van der Waals surface area (Å²) < 4.78 is 6.94. The molecule has 1 N–H and O–H groups in total. The first-order chi connectivity index (χ1) is 9.54. The second-order valence-corrected chi connectivity index (χ2v) is 5.65. The predicted molar refractivity (Wildman–Crippen MR) is 87.1 cm³/mol. The molecule has 1 rings (SSSR count). The summed E-state index contributed by atoms with van der Waals surface area (Å²) in [6, 6.07) is 0. The first-order valence-electron chi connectivity index (χ1n) is 7.47. The summed E-state index contributed by atoms with van der Waals surface area (Å²) in [5.41, 5.74) is 0.558. The van der Waals surface area contributed by atoms with E-state index in [1.165, 1.54) is 0 Å². The minimum absolute atomic E-state index is 0.386. The second-order valence-electron chi connectivity index (χ2n) is 4.86. The molecule has 1 aromatic heterocycles. The van der Waals surface area contributed by atoms with Gasteiger partial charge in [-0.15, -0.1) is 0 Å². The van der Waals surface area contributed by atoms with Gasteiger partial charge in [0.05, 0.1) is 10.2 Å². The Morgan fingerprint density at radius 1 is 1.15 bits per heavy atom. The number of rotatable bonds is 8. The zero-order valence-corrected chi connectivity index (χ0v) is 14.8. The number of hydrogen-bond acceptors (Lipinski definition) is 4. The molecule has 0 aliphatic rings. The monoisotopic (exact) mass is 343 g/mol. The molecule has 0 fully saturated rings. The molecule has 4 nitrogen and oxygen atoms in total. The third-order valence-electron chi connectivity index (χ3n) is 3.53. The molecule has 0 saturated carbocycles. The molecular formula is C15H26BrN3O. The number of ether oxygens (including phenoxy) is 1. The van der Waals surface area contributed by atoms with Crippen molar-refractivity contribution < 1.29 is 4.74 Å². The van der Waals surface area contributed by atoms with Gasteiger partial charge in [0.15, 0.2) is 5.82 Å². The van der Waals surface area contributed by atoms with Crippen LogP contribution in [0.3, 0.4) is 0 Å². The van der Waals surface area contributed by atoms with Crippen molar-refractivity contribution in [2.45, 2.75) is 59.5 Å². The van der Waals surface area contributed by atoms with E-state index >= 15 is 0 Å². The Bertz CT molecular complexity index is 433. The Labute approximate surface area is 130 Å². The van der Waals surface area contributed by atoms with Gasteiger partial charge in [0.2, 0.25) is 0 Å². The molecule has 1 aromatic rings. The predicted octanol–water partition coefficient (Wildman–Crippen LogP) is 4.42. The van der Waals surface area contributed by atoms with E-state index in [2.05, 4.69) is 47.0 Å². The van der Waals surface area contributed by atoms with E-state index in [0.29, 0.717) is 6.61 Å². The molecule has 0 aliphatic carbocycles. The number of aryl methyl sites for hydroxylation is 1. The molecule has 0 radical (unpaired) electrons. The average Bonchev–Trinajstić information content (AvgIpc) is 2.46. The van der Waals surface area contributed by atoms with Gasteiger partial charge in [-0.3, -0.25) is 0 Å². The standard InChI is InChI=1S/C15H26BrN3O/c1-6-10-17-13-12(16)11(5)18-14(19-13)15(7-2,8-3)20-9-4/h6-10H2,1-5H3,(H,17,18,19). The number of nitrogens with zero attached hydrogens (tertiary/aromatic N) is 2. The summed E-state index contributed by atoms with van der Waals surface area (Å²) >= 11 is 3.57. The molecular weight excluding hydrogens is 318 g/mol. The highest BCUT2D eigenvalue weighted by atomic mass is 79.9. The Hall–Kier alpha value is -0.680. The highest BCUT2D eigenvalue weighted by Gasteiger charge is 2.33. The maximum atomic E-state index is 6.00. The fourth-order valence-electron chi connectivity index (χ4n) is 2.23. The molecule has 0 atom stereocenters. The van der Waals surface area contributed by atoms with E-state index in [0.717, 1.165) is 47.6 Å². The Balaban J connectivity index is 3.25. The second kappa shape index (κ2) is 7.93. The van der Waals surface area contributed by atoms with Gasteiger partial charge in [-0.05, 0) is 49.0 Å². The quantitative estimate of drug-likeness (QED) is 0.758. The number of halogens is 1. The Morgan fingerprint density at radius 2 is 1.80 bits per heavy atom. The van der Waals surface area contributed by atoms with Crippen LogP contribution in [0.4, 0.5) is 5.82 Å². The van der Waals surface area contributed by atoms with Gasteiger partial charge in [-0.2, -0.15) is 0 Å². The van der Waals surface area contributed by atoms with Crippen LogP contribution in [0.2, 0.25) is 0 Å². The molecule has 20 heavy (non-hydrogen) atoms. The van der Waals surface area contributed by atoms with E-state index < -0.39 is 0 Å². The van der Waals surface area contributed by atoms with Crippen molar-refractivity contribution in [3.63, 3.8) is 0 Å². The van der Waals surface area contributed by atoms with Gasteiger partial charge in [0.25, 0.3) is 0 Å². The Kier molecular flexibility index (Phi) is 6.89. The van der Waals surface area contributed by atoms with Gasteiger partial charge < -0.3 is 10.1 Å². The lowest BCUT2D eigenvalue weighted by atomic mass is 9.95. The molecule has 0 aliphatic heterocycles. The van der Waals surface area contributed by atoms with Gasteiger partial charge in [-0.25, -0.2) is 9.97 Å². The third kappa shape index (κ3) is 3.70. The molecule has 1 heterocycles. The zero-order valence-electron chi connectivity index (χ0n) is 13.2. The van der Waals surface area contributed by atoms with Crippen LogP contribution in [0, 0.1) is 6.92 Å². The summed E-state index contributed by atoms with van der Waals surface area (Å²) in [4.78, 5) is 9.36. The zero-order chi connectivity index (χ0) is 15.2. The summed E-state index contributed by atoms with van der Waals surface area (Å²) in [5.74, 6) is 1.64. The Morgan fingerprint density at radius 3 is 2.30 bits per heavy atom. The maximum Gasteiger partial charge on any atom is 0.162 e. The van der Waals surface area contributed by atoms with E-state index in [4.69, 9.17) is 9.72 Å². The number of nitrogens with one attached hydrogen (secondary N) is 1. The van der Waals surface area contributed by atoms with Crippen molar-refractivity contribution in [1.29, 1.82) is 0 Å². The SMILES string of the molecule is CCCNc1nc(C(CC)(CC)OCC)nc(C)c1Br. The van der Waals surface area contributed by atoms with Gasteiger partial charge in [-0.1, -0.05) is 20.8 Å². The van der Waals surface area contributed by atoms with Crippen molar-refractivity contribution in [1.82, 2.24) is 9.97 Å².